The predicted octanol–water partition coefficient (Wildman–Crippen LogP) is 0.841. The molecule has 6 heteroatoms. The van der Waals surface area contributed by atoms with Crippen molar-refractivity contribution in [1.29, 1.82) is 0 Å². The van der Waals surface area contributed by atoms with Crippen molar-refractivity contribution in [3.8, 4) is 0 Å². The maximum absolute atomic E-state index is 9.82. The molecule has 0 aliphatic carbocycles. The highest BCUT2D eigenvalue weighted by Crippen LogP contribution is 2.15. The van der Waals surface area contributed by atoms with E-state index in [0.717, 1.165) is 0 Å². The van der Waals surface area contributed by atoms with Crippen molar-refractivity contribution < 1.29 is 29.2 Å². The van der Waals surface area contributed by atoms with Crippen LogP contribution in [0.3, 0.4) is 0 Å². The molecule has 0 aromatic heterocycles. The van der Waals surface area contributed by atoms with Crippen molar-refractivity contribution in [3.63, 3.8) is 0 Å². The van der Waals surface area contributed by atoms with Crippen LogP contribution in [0.2, 0.25) is 0 Å². The first kappa shape index (κ1) is 18.3. The first-order chi connectivity index (χ1) is 8.74. The maximum Gasteiger partial charge on any atom is 0.302 e. The van der Waals surface area contributed by atoms with Gasteiger partial charge in [0.1, 0.15) is 0 Å². The molecule has 6 nitrogen and oxygen atoms in total. The second-order valence-corrected chi connectivity index (χ2v) is 4.85. The third kappa shape index (κ3) is 12.1. The van der Waals surface area contributed by atoms with Crippen LogP contribution < -0.4 is 0 Å². The van der Waals surface area contributed by atoms with Crippen molar-refractivity contribution in [3.05, 3.63) is 0 Å². The molecular formula is C13H26O6. The van der Waals surface area contributed by atoms with Gasteiger partial charge in [-0.25, -0.2) is 0 Å². The lowest BCUT2D eigenvalue weighted by Gasteiger charge is -2.28. The Bertz CT molecular complexity index is 248. The average Bonchev–Trinajstić information content (AvgIpc) is 2.26. The zero-order valence-corrected chi connectivity index (χ0v) is 12.2. The van der Waals surface area contributed by atoms with Gasteiger partial charge in [0.25, 0.3) is 0 Å². The topological polar surface area (TPSA) is 85.2 Å². The lowest BCUT2D eigenvalue weighted by atomic mass is 10.1. The molecule has 0 amide bonds. The molecular weight excluding hydrogens is 252 g/mol. The van der Waals surface area contributed by atoms with E-state index in [4.69, 9.17) is 9.47 Å². The Labute approximate surface area is 114 Å². The molecule has 1 heterocycles. The van der Waals surface area contributed by atoms with Crippen molar-refractivity contribution >= 4 is 5.97 Å². The highest BCUT2D eigenvalue weighted by atomic mass is 16.6. The summed E-state index contributed by atoms with van der Waals surface area (Å²) in [6, 6.07) is 0. The predicted molar refractivity (Wildman–Crippen MR) is 69.5 cm³/mol. The first-order valence-corrected chi connectivity index (χ1v) is 6.54. The van der Waals surface area contributed by atoms with Crippen molar-refractivity contribution in [2.75, 3.05) is 19.8 Å². The molecule has 1 fully saturated rings. The standard InChI is InChI=1S/C9H18O4.C4H8O2/c1-9(2,11)13-6-8-5-7(10)3-4-12-8;1-3-6-4(2)5/h7-8,10-11H,3-6H2,1-2H3;3H2,1-2H3. The second kappa shape index (κ2) is 9.25. The van der Waals surface area contributed by atoms with Crippen molar-refractivity contribution in [1.82, 2.24) is 0 Å². The van der Waals surface area contributed by atoms with Gasteiger partial charge in [0.05, 0.1) is 25.4 Å². The van der Waals surface area contributed by atoms with Gasteiger partial charge in [0.2, 0.25) is 0 Å². The fourth-order valence-electron chi connectivity index (χ4n) is 1.48. The molecule has 19 heavy (non-hydrogen) atoms. The zero-order valence-electron chi connectivity index (χ0n) is 12.2. The highest BCUT2D eigenvalue weighted by Gasteiger charge is 2.23. The smallest absolute Gasteiger partial charge is 0.302 e. The molecule has 0 aromatic rings. The van der Waals surface area contributed by atoms with E-state index in [1.807, 2.05) is 0 Å². The van der Waals surface area contributed by atoms with Crippen LogP contribution in [0, 0.1) is 0 Å². The fourth-order valence-corrected chi connectivity index (χ4v) is 1.48. The van der Waals surface area contributed by atoms with Gasteiger partial charge in [-0.1, -0.05) is 0 Å². The van der Waals surface area contributed by atoms with Crippen LogP contribution in [0.1, 0.15) is 40.5 Å². The van der Waals surface area contributed by atoms with Gasteiger partial charge in [0, 0.05) is 20.0 Å². The van der Waals surface area contributed by atoms with Crippen LogP contribution in [0.4, 0.5) is 0 Å². The molecule has 1 aliphatic heterocycles. The third-order valence-corrected chi connectivity index (χ3v) is 2.31. The number of ether oxygens (including phenoxy) is 3. The second-order valence-electron chi connectivity index (χ2n) is 4.85. The number of carbonyl (C=O) groups excluding carboxylic acids is 1. The van der Waals surface area contributed by atoms with E-state index in [1.54, 1.807) is 20.8 Å². The van der Waals surface area contributed by atoms with E-state index in [1.165, 1.54) is 6.92 Å². The molecule has 0 aromatic carbocycles. The SMILES string of the molecule is CC(C)(O)OCC1CC(O)CCO1.CCOC(C)=O. The van der Waals surface area contributed by atoms with E-state index in [-0.39, 0.29) is 18.2 Å². The summed E-state index contributed by atoms with van der Waals surface area (Å²) in [5.41, 5.74) is 0. The molecule has 2 N–H and O–H groups in total. The largest absolute Gasteiger partial charge is 0.466 e. The van der Waals surface area contributed by atoms with E-state index < -0.39 is 5.79 Å². The van der Waals surface area contributed by atoms with Crippen molar-refractivity contribution in [2.24, 2.45) is 0 Å². The van der Waals surface area contributed by atoms with Crippen LogP contribution in [0.15, 0.2) is 0 Å². The molecule has 1 aliphatic rings. The summed E-state index contributed by atoms with van der Waals surface area (Å²) in [6.07, 6.45) is 0.911. The first-order valence-electron chi connectivity index (χ1n) is 6.54. The minimum atomic E-state index is -1.12. The Morgan fingerprint density at radius 1 is 1.47 bits per heavy atom. The summed E-state index contributed by atoms with van der Waals surface area (Å²) in [6.45, 7) is 7.71. The van der Waals surface area contributed by atoms with Gasteiger partial charge in [-0.15, -0.1) is 0 Å². The quantitative estimate of drug-likeness (QED) is 0.585. The monoisotopic (exact) mass is 278 g/mol. The summed E-state index contributed by atoms with van der Waals surface area (Å²) in [5.74, 6) is -1.33. The van der Waals surface area contributed by atoms with Gasteiger partial charge >= 0.3 is 5.97 Å². The lowest BCUT2D eigenvalue weighted by molar-refractivity contribution is -0.202. The Hall–Kier alpha value is -0.690. The average molecular weight is 278 g/mol. The van der Waals surface area contributed by atoms with E-state index in [0.29, 0.717) is 32.7 Å². The Morgan fingerprint density at radius 2 is 2.11 bits per heavy atom. The summed E-state index contributed by atoms with van der Waals surface area (Å²) in [7, 11) is 0. The van der Waals surface area contributed by atoms with E-state index >= 15 is 0 Å². The molecule has 2 unspecified atom stereocenters. The number of hydrogen-bond acceptors (Lipinski definition) is 6. The third-order valence-electron chi connectivity index (χ3n) is 2.31. The van der Waals surface area contributed by atoms with Crippen LogP contribution in [-0.2, 0) is 19.0 Å². The summed E-state index contributed by atoms with van der Waals surface area (Å²) in [5, 5.41) is 18.6. The number of aliphatic hydroxyl groups excluding tert-OH is 1. The maximum atomic E-state index is 9.82. The van der Waals surface area contributed by atoms with Gasteiger partial charge < -0.3 is 24.4 Å². The Balaban J connectivity index is 0.000000459. The van der Waals surface area contributed by atoms with E-state index in [9.17, 15) is 15.0 Å². The minimum absolute atomic E-state index is 0.0878. The Morgan fingerprint density at radius 3 is 2.47 bits per heavy atom. The summed E-state index contributed by atoms with van der Waals surface area (Å²) >= 11 is 0. The van der Waals surface area contributed by atoms with Gasteiger partial charge in [0.15, 0.2) is 5.79 Å². The molecule has 0 spiro atoms. The number of hydrogen-bond donors (Lipinski definition) is 2. The minimum Gasteiger partial charge on any atom is -0.466 e. The molecule has 1 saturated heterocycles. The van der Waals surface area contributed by atoms with Gasteiger partial charge in [-0.2, -0.15) is 0 Å². The van der Waals surface area contributed by atoms with E-state index in [2.05, 4.69) is 4.74 Å². The fraction of sp³-hybridized carbons (Fsp3) is 0.923. The van der Waals surface area contributed by atoms with Crippen LogP contribution >= 0.6 is 0 Å². The molecule has 0 bridgehead atoms. The number of aliphatic hydroxyl groups is 2. The summed E-state index contributed by atoms with van der Waals surface area (Å²) < 4.78 is 14.9. The number of rotatable bonds is 4. The molecule has 114 valence electrons. The van der Waals surface area contributed by atoms with Gasteiger partial charge in [-0.3, -0.25) is 4.79 Å². The molecule has 0 saturated carbocycles. The highest BCUT2D eigenvalue weighted by molar-refractivity contribution is 5.65. The van der Waals surface area contributed by atoms with Crippen LogP contribution in [-0.4, -0.2) is 54.0 Å². The number of esters is 1. The zero-order chi connectivity index (χ0) is 14.9. The van der Waals surface area contributed by atoms with Crippen LogP contribution in [0.5, 0.6) is 0 Å². The molecule has 0 radical (unpaired) electrons. The van der Waals surface area contributed by atoms with Crippen LogP contribution in [0.25, 0.3) is 0 Å². The normalized spacial score (nSPS) is 23.3. The molecule has 2 atom stereocenters. The Kier molecular flexibility index (Phi) is 8.92. The van der Waals surface area contributed by atoms with Crippen molar-refractivity contribution in [2.45, 2.75) is 58.5 Å². The molecule has 1 rings (SSSR count). The lowest BCUT2D eigenvalue weighted by Crippen LogP contribution is -2.35. The van der Waals surface area contributed by atoms with Gasteiger partial charge in [-0.05, 0) is 27.2 Å². The summed E-state index contributed by atoms with van der Waals surface area (Å²) in [4.78, 5) is 9.82. The number of carbonyl (C=O) groups is 1.